The van der Waals surface area contributed by atoms with Crippen molar-refractivity contribution in [3.8, 4) is 0 Å². The third-order valence-corrected chi connectivity index (χ3v) is 4.40. The molecule has 0 aliphatic carbocycles. The second-order valence-electron chi connectivity index (χ2n) is 4.25. The standard InChI is InChI=1S/C13H13NO3S/c1-9(18(2,16)17)13(15)11-6-5-10-4-3-7-14-12(10)8-11/h3-9H,1-2H3. The highest BCUT2D eigenvalue weighted by molar-refractivity contribution is 7.92. The number of hydrogen-bond donors (Lipinski definition) is 0. The van der Waals surface area contributed by atoms with Crippen LogP contribution in [0.5, 0.6) is 0 Å². The van der Waals surface area contributed by atoms with Gasteiger partial charge in [-0.25, -0.2) is 8.42 Å². The molecule has 1 unspecified atom stereocenters. The van der Waals surface area contributed by atoms with Crippen LogP contribution in [0.25, 0.3) is 10.9 Å². The Morgan fingerprint density at radius 1 is 1.28 bits per heavy atom. The van der Waals surface area contributed by atoms with Crippen molar-refractivity contribution in [3.63, 3.8) is 0 Å². The molecule has 2 aromatic rings. The fraction of sp³-hybridized carbons (Fsp3) is 0.231. The molecule has 0 bridgehead atoms. The van der Waals surface area contributed by atoms with Crippen LogP contribution < -0.4 is 0 Å². The van der Waals surface area contributed by atoms with E-state index in [0.717, 1.165) is 11.6 Å². The third kappa shape index (κ3) is 2.41. The average Bonchev–Trinajstić information content (AvgIpc) is 2.35. The zero-order valence-electron chi connectivity index (χ0n) is 10.1. The summed E-state index contributed by atoms with van der Waals surface area (Å²) < 4.78 is 22.7. The number of nitrogens with zero attached hydrogens (tertiary/aromatic N) is 1. The van der Waals surface area contributed by atoms with Crippen molar-refractivity contribution in [1.82, 2.24) is 4.98 Å². The van der Waals surface area contributed by atoms with Gasteiger partial charge in [0.25, 0.3) is 0 Å². The Morgan fingerprint density at radius 3 is 2.67 bits per heavy atom. The van der Waals surface area contributed by atoms with Gasteiger partial charge in [0.05, 0.1) is 5.52 Å². The monoisotopic (exact) mass is 263 g/mol. The number of sulfone groups is 1. The Balaban J connectivity index is 2.46. The lowest BCUT2D eigenvalue weighted by molar-refractivity contribution is 0.0992. The lowest BCUT2D eigenvalue weighted by Gasteiger charge is -2.08. The summed E-state index contributed by atoms with van der Waals surface area (Å²) >= 11 is 0. The predicted molar refractivity (Wildman–Crippen MR) is 70.4 cm³/mol. The van der Waals surface area contributed by atoms with Gasteiger partial charge in [-0.2, -0.15) is 0 Å². The first-order valence-corrected chi connectivity index (χ1v) is 7.43. The number of hydrogen-bond acceptors (Lipinski definition) is 4. The van der Waals surface area contributed by atoms with Crippen molar-refractivity contribution >= 4 is 26.5 Å². The van der Waals surface area contributed by atoms with Crippen LogP contribution in [0.1, 0.15) is 17.3 Å². The molecule has 94 valence electrons. The fourth-order valence-corrected chi connectivity index (χ4v) is 2.17. The molecule has 1 aromatic carbocycles. The van der Waals surface area contributed by atoms with Gasteiger partial charge in [-0.1, -0.05) is 18.2 Å². The highest BCUT2D eigenvalue weighted by Crippen LogP contribution is 2.16. The van der Waals surface area contributed by atoms with Gasteiger partial charge in [-0.05, 0) is 19.1 Å². The van der Waals surface area contributed by atoms with Crippen molar-refractivity contribution in [2.75, 3.05) is 6.26 Å². The van der Waals surface area contributed by atoms with Crippen LogP contribution in [-0.2, 0) is 9.84 Å². The van der Waals surface area contributed by atoms with E-state index >= 15 is 0 Å². The molecule has 5 heteroatoms. The van der Waals surface area contributed by atoms with Crippen LogP contribution in [0, 0.1) is 0 Å². The Labute approximate surface area is 106 Å². The maximum absolute atomic E-state index is 12.0. The predicted octanol–water partition coefficient (Wildman–Crippen LogP) is 1.85. The molecule has 0 radical (unpaired) electrons. The largest absolute Gasteiger partial charge is 0.293 e. The average molecular weight is 263 g/mol. The molecule has 0 aliphatic heterocycles. The summed E-state index contributed by atoms with van der Waals surface area (Å²) in [6.45, 7) is 1.40. The van der Waals surface area contributed by atoms with E-state index in [2.05, 4.69) is 4.98 Å². The minimum absolute atomic E-state index is 0.374. The van der Waals surface area contributed by atoms with E-state index < -0.39 is 20.9 Å². The third-order valence-electron chi connectivity index (χ3n) is 2.90. The molecule has 1 aromatic heterocycles. The van der Waals surface area contributed by atoms with Gasteiger partial charge in [-0.3, -0.25) is 9.78 Å². The molecule has 0 N–H and O–H groups in total. The SMILES string of the molecule is CC(C(=O)c1ccc2cccnc2c1)S(C)(=O)=O. The summed E-state index contributed by atoms with van der Waals surface area (Å²) in [6.07, 6.45) is 2.70. The second kappa shape index (κ2) is 4.49. The molecule has 1 atom stereocenters. The molecule has 2 rings (SSSR count). The molecule has 18 heavy (non-hydrogen) atoms. The zero-order valence-corrected chi connectivity index (χ0v) is 10.9. The Morgan fingerprint density at radius 2 is 2.00 bits per heavy atom. The van der Waals surface area contributed by atoms with Crippen molar-refractivity contribution in [2.24, 2.45) is 0 Å². The summed E-state index contributed by atoms with van der Waals surface area (Å²) in [4.78, 5) is 16.2. The molecule has 4 nitrogen and oxygen atoms in total. The van der Waals surface area contributed by atoms with Crippen molar-refractivity contribution in [1.29, 1.82) is 0 Å². The van der Waals surface area contributed by atoms with Gasteiger partial charge in [0, 0.05) is 23.4 Å². The van der Waals surface area contributed by atoms with E-state index in [1.54, 1.807) is 24.4 Å². The summed E-state index contributed by atoms with van der Waals surface area (Å²) in [5, 5.41) is -0.111. The minimum atomic E-state index is -3.37. The minimum Gasteiger partial charge on any atom is -0.293 e. The van der Waals surface area contributed by atoms with Crippen molar-refractivity contribution in [3.05, 3.63) is 42.1 Å². The number of carbonyl (C=O) groups is 1. The van der Waals surface area contributed by atoms with Crippen LogP contribution in [-0.4, -0.2) is 30.7 Å². The second-order valence-corrected chi connectivity index (χ2v) is 6.61. The van der Waals surface area contributed by atoms with Crippen molar-refractivity contribution < 1.29 is 13.2 Å². The van der Waals surface area contributed by atoms with Gasteiger partial charge >= 0.3 is 0 Å². The summed E-state index contributed by atoms with van der Waals surface area (Å²) in [5.41, 5.74) is 1.06. The van der Waals surface area contributed by atoms with Crippen LogP contribution in [0.2, 0.25) is 0 Å². The summed E-state index contributed by atoms with van der Waals surface area (Å²) in [6, 6.07) is 8.72. The van der Waals surface area contributed by atoms with Crippen LogP contribution in [0.4, 0.5) is 0 Å². The number of fused-ring (bicyclic) bond motifs is 1. The van der Waals surface area contributed by atoms with Gasteiger partial charge in [0.1, 0.15) is 5.25 Å². The van der Waals surface area contributed by atoms with Gasteiger partial charge in [0.15, 0.2) is 15.6 Å². The van der Waals surface area contributed by atoms with Gasteiger partial charge in [-0.15, -0.1) is 0 Å². The maximum atomic E-state index is 12.0. The number of carbonyl (C=O) groups excluding carboxylic acids is 1. The first kappa shape index (κ1) is 12.7. The Hall–Kier alpha value is -1.75. The highest BCUT2D eigenvalue weighted by Gasteiger charge is 2.24. The zero-order chi connectivity index (χ0) is 13.3. The first-order chi connectivity index (χ1) is 8.39. The van der Waals surface area contributed by atoms with E-state index in [1.807, 2.05) is 12.1 Å². The van der Waals surface area contributed by atoms with E-state index in [4.69, 9.17) is 0 Å². The molecule has 0 saturated heterocycles. The van der Waals surface area contributed by atoms with Gasteiger partial charge in [0.2, 0.25) is 0 Å². The number of ketones is 1. The fourth-order valence-electron chi connectivity index (χ4n) is 1.65. The molecule has 0 fully saturated rings. The van der Waals surface area contributed by atoms with Crippen molar-refractivity contribution in [2.45, 2.75) is 12.2 Å². The lowest BCUT2D eigenvalue weighted by Crippen LogP contribution is -2.26. The van der Waals surface area contributed by atoms with Gasteiger partial charge < -0.3 is 0 Å². The molecular formula is C13H13NO3S. The van der Waals surface area contributed by atoms with E-state index in [-0.39, 0.29) is 0 Å². The van der Waals surface area contributed by atoms with Crippen LogP contribution >= 0.6 is 0 Å². The maximum Gasteiger partial charge on any atom is 0.180 e. The van der Waals surface area contributed by atoms with Crippen LogP contribution in [0.15, 0.2) is 36.5 Å². The first-order valence-electron chi connectivity index (χ1n) is 5.47. The number of pyridine rings is 1. The molecular weight excluding hydrogens is 250 g/mol. The van der Waals surface area contributed by atoms with Crippen LogP contribution in [0.3, 0.4) is 0 Å². The normalized spacial score (nSPS) is 13.4. The number of rotatable bonds is 3. The van der Waals surface area contributed by atoms with E-state index in [1.165, 1.54) is 6.92 Å². The molecule has 0 spiro atoms. The highest BCUT2D eigenvalue weighted by atomic mass is 32.2. The molecule has 0 aliphatic rings. The summed E-state index contributed by atoms with van der Waals surface area (Å²) in [5.74, 6) is -0.398. The lowest BCUT2D eigenvalue weighted by atomic mass is 10.1. The number of aromatic nitrogens is 1. The Bertz CT molecular complexity index is 707. The molecule has 0 saturated carbocycles. The number of Topliss-reactive ketones (excluding diaryl/α,β-unsaturated/α-hetero) is 1. The smallest absolute Gasteiger partial charge is 0.180 e. The summed E-state index contributed by atoms with van der Waals surface area (Å²) in [7, 11) is -3.37. The molecule has 1 heterocycles. The van der Waals surface area contributed by atoms with E-state index in [9.17, 15) is 13.2 Å². The topological polar surface area (TPSA) is 64.1 Å². The number of benzene rings is 1. The molecule has 0 amide bonds. The quantitative estimate of drug-likeness (QED) is 0.793. The van der Waals surface area contributed by atoms with E-state index in [0.29, 0.717) is 11.1 Å². The Kier molecular flexibility index (Phi) is 3.17.